The van der Waals surface area contributed by atoms with Gasteiger partial charge in [0, 0.05) is 30.7 Å². The predicted octanol–water partition coefficient (Wildman–Crippen LogP) is 1.84. The second kappa shape index (κ2) is 7.85. The largest absolute Gasteiger partial charge is 0.371 e. The first-order valence-electron chi connectivity index (χ1n) is 10.8. The molecule has 1 fully saturated rings. The molecule has 4 heterocycles. The summed E-state index contributed by atoms with van der Waals surface area (Å²) in [4.78, 5) is 31.6. The van der Waals surface area contributed by atoms with Gasteiger partial charge in [-0.1, -0.05) is 0 Å². The van der Waals surface area contributed by atoms with Crippen molar-refractivity contribution in [3.8, 4) is 0 Å². The Balaban J connectivity index is 1.49. The van der Waals surface area contributed by atoms with Gasteiger partial charge in [0.05, 0.1) is 11.7 Å². The van der Waals surface area contributed by atoms with Crippen LogP contribution < -0.4 is 20.7 Å². The molecule has 1 aromatic carbocycles. The highest BCUT2D eigenvalue weighted by Crippen LogP contribution is 2.30. The quantitative estimate of drug-likeness (QED) is 0.534. The van der Waals surface area contributed by atoms with Crippen molar-refractivity contribution in [2.45, 2.75) is 30.7 Å². The maximum absolute atomic E-state index is 13.0. The molecule has 3 aromatic rings. The highest BCUT2D eigenvalue weighted by Gasteiger charge is 2.26. The van der Waals surface area contributed by atoms with Crippen LogP contribution in [0.5, 0.6) is 0 Å². The van der Waals surface area contributed by atoms with E-state index in [1.807, 2.05) is 11.5 Å². The van der Waals surface area contributed by atoms with Gasteiger partial charge in [-0.05, 0) is 56.2 Å². The lowest BCUT2D eigenvalue weighted by molar-refractivity contribution is 0.0918. The van der Waals surface area contributed by atoms with Gasteiger partial charge in [-0.3, -0.25) is 9.59 Å². The Kier molecular flexibility index (Phi) is 5.09. The van der Waals surface area contributed by atoms with Crippen LogP contribution in [-0.4, -0.2) is 49.4 Å². The zero-order chi connectivity index (χ0) is 23.3. The number of carbonyl (C=O) groups is 2. The smallest absolute Gasteiger partial charge is 0.274 e. The number of sulfonamides is 1. The highest BCUT2D eigenvalue weighted by atomic mass is 32.2. The lowest BCUT2D eigenvalue weighted by Gasteiger charge is -2.23. The molecule has 0 aliphatic carbocycles. The van der Waals surface area contributed by atoms with Gasteiger partial charge in [-0.15, -0.1) is 0 Å². The summed E-state index contributed by atoms with van der Waals surface area (Å²) in [5.41, 5.74) is 1.96. The molecule has 0 radical (unpaired) electrons. The van der Waals surface area contributed by atoms with E-state index in [2.05, 4.69) is 20.5 Å². The molecule has 1 saturated heterocycles. The van der Waals surface area contributed by atoms with Gasteiger partial charge in [-0.2, -0.15) is 0 Å². The maximum atomic E-state index is 13.0. The minimum absolute atomic E-state index is 0.0203. The molecule has 4 N–H and O–H groups in total. The fraction of sp³-hybridized carbons (Fsp3) is 0.318. The van der Waals surface area contributed by atoms with Gasteiger partial charge in [0.1, 0.15) is 21.9 Å². The topological polar surface area (TPSA) is 139 Å². The lowest BCUT2D eigenvalue weighted by Crippen LogP contribution is -2.37. The van der Waals surface area contributed by atoms with Crippen LogP contribution in [0, 0.1) is 0 Å². The molecule has 2 aliphatic heterocycles. The fourth-order valence-electron chi connectivity index (χ4n) is 4.47. The lowest BCUT2D eigenvalue weighted by atomic mass is 10.2. The van der Waals surface area contributed by atoms with Crippen molar-refractivity contribution in [3.63, 3.8) is 0 Å². The van der Waals surface area contributed by atoms with Gasteiger partial charge in [0.15, 0.2) is 0 Å². The minimum atomic E-state index is -4.07. The molecule has 2 amide bonds. The maximum Gasteiger partial charge on any atom is 0.274 e. The Morgan fingerprint density at radius 1 is 1.18 bits per heavy atom. The number of hydrogen-bond acceptors (Lipinski definition) is 6. The Labute approximate surface area is 190 Å². The summed E-state index contributed by atoms with van der Waals surface area (Å²) >= 11 is 0. The molecule has 2 aliphatic rings. The molecule has 1 atom stereocenters. The number of primary sulfonamides is 1. The summed E-state index contributed by atoms with van der Waals surface area (Å²) in [6.07, 6.45) is 2.09. The standard InChI is InChI=1S/C22H24N6O4S/c1-13-12-24-22(30)18-10-14-4-6-17(25-20(14)28(13)18)21(29)26-16-7-5-15(27-8-2-3-9-27)11-19(16)33(23,31)32/h4-7,10-11,13H,2-3,8-9,12H2,1H3,(H,24,30)(H,26,29)(H2,23,31,32)/t13-/m1/s1. The van der Waals surface area contributed by atoms with Crippen molar-refractivity contribution in [3.05, 3.63) is 47.8 Å². The summed E-state index contributed by atoms with van der Waals surface area (Å²) in [7, 11) is -4.07. The van der Waals surface area contributed by atoms with E-state index in [0.29, 0.717) is 17.9 Å². The van der Waals surface area contributed by atoms with E-state index in [1.54, 1.807) is 30.3 Å². The molecule has 5 rings (SSSR count). The molecular weight excluding hydrogens is 444 g/mol. The van der Waals surface area contributed by atoms with Gasteiger partial charge < -0.3 is 20.1 Å². The van der Waals surface area contributed by atoms with E-state index in [9.17, 15) is 18.0 Å². The van der Waals surface area contributed by atoms with Gasteiger partial charge in [-0.25, -0.2) is 18.5 Å². The third-order valence-corrected chi connectivity index (χ3v) is 7.09. The molecule has 0 saturated carbocycles. The first-order chi connectivity index (χ1) is 15.7. The summed E-state index contributed by atoms with van der Waals surface area (Å²) in [6.45, 7) is 4.11. The normalized spacial score (nSPS) is 18.3. The summed E-state index contributed by atoms with van der Waals surface area (Å²) in [6, 6.07) is 9.81. The molecular formula is C22H24N6O4S. The number of amides is 2. The number of nitrogens with one attached hydrogen (secondary N) is 2. The average molecular weight is 469 g/mol. The molecule has 33 heavy (non-hydrogen) atoms. The van der Waals surface area contributed by atoms with Crippen LogP contribution in [0.15, 0.2) is 41.3 Å². The minimum Gasteiger partial charge on any atom is -0.371 e. The monoisotopic (exact) mass is 468 g/mol. The van der Waals surface area contributed by atoms with Crippen LogP contribution >= 0.6 is 0 Å². The Morgan fingerprint density at radius 2 is 1.94 bits per heavy atom. The van der Waals surface area contributed by atoms with Crippen LogP contribution in [0.3, 0.4) is 0 Å². The van der Waals surface area contributed by atoms with Gasteiger partial charge in [0.25, 0.3) is 11.8 Å². The molecule has 172 valence electrons. The molecule has 11 heteroatoms. The number of anilines is 2. The van der Waals surface area contributed by atoms with Crippen LogP contribution in [0.25, 0.3) is 11.0 Å². The number of nitrogens with two attached hydrogens (primary N) is 1. The van der Waals surface area contributed by atoms with E-state index < -0.39 is 15.9 Å². The van der Waals surface area contributed by atoms with Crippen LogP contribution in [-0.2, 0) is 10.0 Å². The number of fused-ring (bicyclic) bond motifs is 3. The SMILES string of the molecule is C[C@@H]1CNC(=O)c2cc3ccc(C(=O)Nc4ccc(N5CCCC5)cc4S(N)(=O)=O)nc3n21. The zero-order valence-corrected chi connectivity index (χ0v) is 18.9. The molecule has 0 bridgehead atoms. The van der Waals surface area contributed by atoms with E-state index in [4.69, 9.17) is 5.14 Å². The van der Waals surface area contributed by atoms with E-state index in [-0.39, 0.29) is 28.2 Å². The Hall–Kier alpha value is -3.44. The number of carbonyl (C=O) groups excluding carboxylic acids is 2. The van der Waals surface area contributed by atoms with Gasteiger partial charge in [0.2, 0.25) is 10.0 Å². The summed E-state index contributed by atoms with van der Waals surface area (Å²) < 4.78 is 26.3. The second-order valence-electron chi connectivity index (χ2n) is 8.44. The van der Waals surface area contributed by atoms with Crippen molar-refractivity contribution < 1.29 is 18.0 Å². The van der Waals surface area contributed by atoms with E-state index in [0.717, 1.165) is 37.0 Å². The van der Waals surface area contributed by atoms with Crippen LogP contribution in [0.1, 0.15) is 46.8 Å². The number of nitrogens with zero attached hydrogens (tertiary/aromatic N) is 3. The third-order valence-electron chi connectivity index (χ3n) is 6.14. The van der Waals surface area contributed by atoms with Crippen molar-refractivity contribution in [1.82, 2.24) is 14.9 Å². The van der Waals surface area contributed by atoms with Crippen molar-refractivity contribution in [2.24, 2.45) is 5.14 Å². The van der Waals surface area contributed by atoms with Gasteiger partial charge >= 0.3 is 0 Å². The average Bonchev–Trinajstić information content (AvgIpc) is 3.44. The first kappa shape index (κ1) is 21.4. The number of benzene rings is 1. The Morgan fingerprint density at radius 3 is 2.67 bits per heavy atom. The number of rotatable bonds is 4. The predicted molar refractivity (Wildman–Crippen MR) is 124 cm³/mol. The van der Waals surface area contributed by atoms with Crippen LogP contribution in [0.2, 0.25) is 0 Å². The first-order valence-corrected chi connectivity index (χ1v) is 12.3. The van der Waals surface area contributed by atoms with Crippen molar-refractivity contribution in [1.29, 1.82) is 0 Å². The Bertz CT molecular complexity index is 1390. The summed E-state index contributed by atoms with van der Waals surface area (Å²) in [5.74, 6) is -0.757. The van der Waals surface area contributed by atoms with Crippen molar-refractivity contribution >= 4 is 44.2 Å². The number of hydrogen-bond donors (Lipinski definition) is 3. The fourth-order valence-corrected chi connectivity index (χ4v) is 5.18. The van der Waals surface area contributed by atoms with E-state index in [1.165, 1.54) is 6.07 Å². The number of pyridine rings is 1. The van der Waals surface area contributed by atoms with Crippen LogP contribution in [0.4, 0.5) is 11.4 Å². The molecule has 10 nitrogen and oxygen atoms in total. The molecule has 2 aromatic heterocycles. The molecule has 0 unspecified atom stereocenters. The number of aromatic nitrogens is 2. The molecule has 0 spiro atoms. The van der Waals surface area contributed by atoms with E-state index >= 15 is 0 Å². The summed E-state index contributed by atoms with van der Waals surface area (Å²) in [5, 5.41) is 11.7. The van der Waals surface area contributed by atoms with Crippen molar-refractivity contribution in [2.75, 3.05) is 29.9 Å². The zero-order valence-electron chi connectivity index (χ0n) is 18.0. The second-order valence-corrected chi connectivity index (χ2v) is 9.97. The highest BCUT2D eigenvalue weighted by molar-refractivity contribution is 7.89. The third kappa shape index (κ3) is 3.83.